The summed E-state index contributed by atoms with van der Waals surface area (Å²) in [6.45, 7) is 5.57. The van der Waals surface area contributed by atoms with Gasteiger partial charge in [-0.1, -0.05) is 23.8 Å². The number of nitrogens with zero attached hydrogens (tertiary/aromatic N) is 1. The second-order valence-corrected chi connectivity index (χ2v) is 9.63. The Morgan fingerprint density at radius 2 is 1.88 bits per heavy atom. The average molecular weight is 463 g/mol. The molecular weight excluding hydrogens is 438 g/mol. The maximum atomic E-state index is 13.8. The van der Waals surface area contributed by atoms with Crippen molar-refractivity contribution in [1.82, 2.24) is 10.2 Å². The summed E-state index contributed by atoms with van der Waals surface area (Å²) in [5.41, 5.74) is 2.42. The number of carbonyl (C=O) groups is 3. The fraction of sp³-hybridized carbons (Fsp3) is 0.400. The first-order valence-corrected chi connectivity index (χ1v) is 11.3. The summed E-state index contributed by atoms with van der Waals surface area (Å²) in [5, 5.41) is 16.7. The molecule has 4 aliphatic rings. The van der Waals surface area contributed by atoms with E-state index in [0.29, 0.717) is 28.3 Å². The van der Waals surface area contributed by atoms with Crippen LogP contribution in [0.5, 0.6) is 11.5 Å². The number of fused-ring (bicyclic) bond motifs is 5. The molecule has 2 aromatic carbocycles. The van der Waals surface area contributed by atoms with E-state index in [1.54, 1.807) is 25.1 Å². The second kappa shape index (κ2) is 7.04. The van der Waals surface area contributed by atoms with Crippen LogP contribution in [-0.2, 0) is 26.5 Å². The molecule has 4 aliphatic heterocycles. The average Bonchev–Trinajstić information content (AvgIpc) is 3.51. The van der Waals surface area contributed by atoms with Crippen LogP contribution < -0.4 is 20.1 Å². The topological polar surface area (TPSA) is 117 Å². The molecule has 1 spiro atoms. The zero-order valence-corrected chi connectivity index (χ0v) is 19.0. The Bertz CT molecular complexity index is 1270. The molecule has 2 saturated heterocycles. The number of amides is 3. The molecule has 176 valence electrons. The normalized spacial score (nSPS) is 29.6. The largest absolute Gasteiger partial charge is 0.454 e. The number of ether oxygens (including phenoxy) is 2. The quantitative estimate of drug-likeness (QED) is 0.588. The number of benzene rings is 2. The Balaban J connectivity index is 1.44. The Hall–Kier alpha value is -3.43. The lowest BCUT2D eigenvalue weighted by Gasteiger charge is -2.30. The fourth-order valence-corrected chi connectivity index (χ4v) is 6.04. The molecule has 9 nitrogen and oxygen atoms in total. The second-order valence-electron chi connectivity index (χ2n) is 9.63. The smallest absolute Gasteiger partial charge is 0.250 e. The van der Waals surface area contributed by atoms with Gasteiger partial charge in [0.1, 0.15) is 5.54 Å². The molecular formula is C25H25N3O6. The van der Waals surface area contributed by atoms with Crippen LogP contribution in [-0.4, -0.2) is 46.7 Å². The number of aliphatic hydroxyl groups is 1. The van der Waals surface area contributed by atoms with Crippen LogP contribution in [0.3, 0.4) is 0 Å². The van der Waals surface area contributed by atoms with E-state index in [1.807, 2.05) is 26.0 Å². The molecule has 0 saturated carbocycles. The van der Waals surface area contributed by atoms with E-state index in [1.165, 1.54) is 4.90 Å². The molecule has 0 radical (unpaired) electrons. The molecule has 4 heterocycles. The van der Waals surface area contributed by atoms with Gasteiger partial charge in [-0.15, -0.1) is 0 Å². The summed E-state index contributed by atoms with van der Waals surface area (Å²) in [4.78, 5) is 42.2. The minimum absolute atomic E-state index is 0.0469. The third kappa shape index (κ3) is 2.65. The Morgan fingerprint density at radius 1 is 1.12 bits per heavy atom. The lowest BCUT2D eigenvalue weighted by Crippen LogP contribution is -2.54. The van der Waals surface area contributed by atoms with Crippen molar-refractivity contribution in [2.45, 2.75) is 45.0 Å². The van der Waals surface area contributed by atoms with E-state index >= 15 is 0 Å². The number of imide groups is 1. The van der Waals surface area contributed by atoms with E-state index in [4.69, 9.17) is 9.47 Å². The highest BCUT2D eigenvalue weighted by Gasteiger charge is 2.71. The van der Waals surface area contributed by atoms with Crippen LogP contribution >= 0.6 is 0 Å². The number of hydrogen-bond donors (Lipinski definition) is 3. The van der Waals surface area contributed by atoms with Crippen molar-refractivity contribution >= 4 is 23.4 Å². The van der Waals surface area contributed by atoms with Crippen molar-refractivity contribution < 1.29 is 29.0 Å². The van der Waals surface area contributed by atoms with Gasteiger partial charge in [0.2, 0.25) is 24.5 Å². The molecule has 6 rings (SSSR count). The molecule has 0 aromatic heterocycles. The molecule has 0 unspecified atom stereocenters. The van der Waals surface area contributed by atoms with Crippen LogP contribution in [0.1, 0.15) is 29.2 Å². The van der Waals surface area contributed by atoms with E-state index < -0.39 is 41.3 Å². The molecule has 0 aliphatic carbocycles. The Kier molecular flexibility index (Phi) is 4.37. The first-order chi connectivity index (χ1) is 16.2. The van der Waals surface area contributed by atoms with Gasteiger partial charge in [-0.3, -0.25) is 24.6 Å². The number of carbonyl (C=O) groups excluding carboxylic acids is 3. The zero-order valence-electron chi connectivity index (χ0n) is 19.0. The molecule has 2 fully saturated rings. The first kappa shape index (κ1) is 21.1. The van der Waals surface area contributed by atoms with E-state index in [0.717, 1.165) is 11.1 Å². The van der Waals surface area contributed by atoms with Gasteiger partial charge >= 0.3 is 0 Å². The number of hydrogen-bond acceptors (Lipinski definition) is 7. The van der Waals surface area contributed by atoms with E-state index in [9.17, 15) is 19.5 Å². The number of likely N-dealkylation sites (tertiary alicyclic amines) is 1. The van der Waals surface area contributed by atoms with Crippen molar-refractivity contribution in [1.29, 1.82) is 0 Å². The van der Waals surface area contributed by atoms with Crippen LogP contribution in [0.25, 0.3) is 0 Å². The Morgan fingerprint density at radius 3 is 2.65 bits per heavy atom. The summed E-state index contributed by atoms with van der Waals surface area (Å²) >= 11 is 0. The maximum Gasteiger partial charge on any atom is 0.250 e. The summed E-state index contributed by atoms with van der Waals surface area (Å²) in [6, 6.07) is 8.38. The van der Waals surface area contributed by atoms with Gasteiger partial charge in [0, 0.05) is 17.3 Å². The number of rotatable bonds is 3. The number of nitrogens with one attached hydrogen (secondary N) is 2. The van der Waals surface area contributed by atoms with Crippen molar-refractivity contribution in [2.75, 3.05) is 12.1 Å². The maximum absolute atomic E-state index is 13.8. The molecule has 34 heavy (non-hydrogen) atoms. The van der Waals surface area contributed by atoms with Gasteiger partial charge in [0.05, 0.1) is 24.5 Å². The predicted octanol–water partition coefficient (Wildman–Crippen LogP) is 1.33. The highest BCUT2D eigenvalue weighted by atomic mass is 16.7. The van der Waals surface area contributed by atoms with E-state index in [-0.39, 0.29) is 19.2 Å². The SMILES string of the molecule is Cc1cc(C)c2c(c1)[C@]1(N[C@@H]([C@H](C)O)[C@H]3C(=O)N(Cc4ccc5c(c4)OCO5)C(=O)[C@H]31)C(=O)N2. The van der Waals surface area contributed by atoms with Crippen molar-refractivity contribution in [3.63, 3.8) is 0 Å². The predicted molar refractivity (Wildman–Crippen MR) is 120 cm³/mol. The van der Waals surface area contributed by atoms with Crippen molar-refractivity contribution in [3.05, 3.63) is 52.6 Å². The third-order valence-electron chi connectivity index (χ3n) is 7.49. The minimum Gasteiger partial charge on any atom is -0.454 e. The third-order valence-corrected chi connectivity index (χ3v) is 7.49. The van der Waals surface area contributed by atoms with Crippen LogP contribution in [0.2, 0.25) is 0 Å². The molecule has 5 atom stereocenters. The zero-order chi connectivity index (χ0) is 23.9. The molecule has 3 amide bonds. The standard InChI is InChI=1S/C25H25N3O6/c1-11-6-12(2)20-15(7-11)25(24(32)26-20)19-18(21(27-25)13(3)29)22(30)28(23(19)31)9-14-4-5-16-17(8-14)34-10-33-16/h4-8,13,18-19,21,27,29H,9-10H2,1-3H3,(H,26,32)/t13-,18-,19-,21-,25+/m0/s1. The van der Waals surface area contributed by atoms with Gasteiger partial charge in [0.25, 0.3) is 0 Å². The van der Waals surface area contributed by atoms with Gasteiger partial charge < -0.3 is 19.9 Å². The Labute approximate surface area is 196 Å². The summed E-state index contributed by atoms with van der Waals surface area (Å²) in [6.07, 6.45) is -0.947. The monoisotopic (exact) mass is 463 g/mol. The number of aryl methyl sites for hydroxylation is 2. The van der Waals surface area contributed by atoms with Crippen LogP contribution in [0, 0.1) is 25.7 Å². The molecule has 2 aromatic rings. The van der Waals surface area contributed by atoms with Crippen LogP contribution in [0.4, 0.5) is 5.69 Å². The number of aliphatic hydroxyl groups excluding tert-OH is 1. The minimum atomic E-state index is -1.42. The van der Waals surface area contributed by atoms with E-state index in [2.05, 4.69) is 10.6 Å². The van der Waals surface area contributed by atoms with Gasteiger partial charge in [0.15, 0.2) is 11.5 Å². The first-order valence-electron chi connectivity index (χ1n) is 11.3. The highest BCUT2D eigenvalue weighted by molar-refractivity contribution is 6.15. The van der Waals surface area contributed by atoms with Gasteiger partial charge in [-0.25, -0.2) is 0 Å². The van der Waals surface area contributed by atoms with Crippen molar-refractivity contribution in [2.24, 2.45) is 11.8 Å². The number of anilines is 1. The summed E-state index contributed by atoms with van der Waals surface area (Å²) in [5.74, 6) is -1.84. The van der Waals surface area contributed by atoms with Gasteiger partial charge in [-0.2, -0.15) is 0 Å². The highest BCUT2D eigenvalue weighted by Crippen LogP contribution is 2.54. The molecule has 0 bridgehead atoms. The molecule has 9 heteroatoms. The summed E-state index contributed by atoms with van der Waals surface area (Å²) < 4.78 is 10.8. The van der Waals surface area contributed by atoms with Crippen LogP contribution in [0.15, 0.2) is 30.3 Å². The fourth-order valence-electron chi connectivity index (χ4n) is 6.04. The lowest BCUT2D eigenvalue weighted by atomic mass is 9.75. The summed E-state index contributed by atoms with van der Waals surface area (Å²) in [7, 11) is 0. The van der Waals surface area contributed by atoms with Gasteiger partial charge in [-0.05, 0) is 44.0 Å². The lowest BCUT2D eigenvalue weighted by molar-refractivity contribution is -0.143. The van der Waals surface area contributed by atoms with Crippen molar-refractivity contribution in [3.8, 4) is 11.5 Å². The molecule has 3 N–H and O–H groups in total.